The minimum absolute atomic E-state index is 0.166. The Bertz CT molecular complexity index is 1350. The maximum absolute atomic E-state index is 13.3. The number of hydrogen-bond donors (Lipinski definition) is 2. The third-order valence-electron chi connectivity index (χ3n) is 9.63. The zero-order chi connectivity index (χ0) is 46.5. The molecule has 0 saturated carbocycles. The van der Waals surface area contributed by atoms with Crippen molar-refractivity contribution in [2.45, 2.75) is 89.2 Å². The van der Waals surface area contributed by atoms with E-state index in [2.05, 4.69) is 23.8 Å². The lowest BCUT2D eigenvalue weighted by molar-refractivity contribution is 0.0186. The van der Waals surface area contributed by atoms with E-state index in [0.29, 0.717) is 101 Å². The number of carbonyl (C=O) groups is 2. The van der Waals surface area contributed by atoms with Gasteiger partial charge in [0.15, 0.2) is 12.2 Å². The molecule has 64 heavy (non-hydrogen) atoms. The smallest absolute Gasteiger partial charge is 0.439 e. The number of benzene rings is 1. The van der Waals surface area contributed by atoms with Crippen LogP contribution in [-0.4, -0.2) is 154 Å². The third kappa shape index (κ3) is 22.2. The molecule has 2 heterocycles. The largest absolute Gasteiger partial charge is 0.500 e. The third-order valence-corrected chi connectivity index (χ3v) is 21.6. The summed E-state index contributed by atoms with van der Waals surface area (Å²) in [5.74, 6) is 5.64. The molecule has 3 rings (SSSR count). The topological polar surface area (TPSA) is 150 Å². The van der Waals surface area contributed by atoms with Crippen LogP contribution in [0.5, 0.6) is 0 Å². The van der Waals surface area contributed by atoms with Crippen molar-refractivity contribution in [2.24, 2.45) is 0 Å². The van der Waals surface area contributed by atoms with Gasteiger partial charge >= 0.3 is 29.8 Å². The molecule has 1 aromatic rings. The SMILES string of the molecule is C=C1CSCC(COCC(OC(=O)NCCC[Si](OCC)(OCC)OCC)c2ccc(C(COCC3CSCC(=C)CS3)OC(=O)NCCC[Si](OCC)(OCC)OCC)cc2)SC1. The van der Waals surface area contributed by atoms with Crippen LogP contribution < -0.4 is 10.6 Å². The van der Waals surface area contributed by atoms with E-state index < -0.39 is 42.0 Å². The van der Waals surface area contributed by atoms with Crippen molar-refractivity contribution in [3.8, 4) is 0 Å². The quantitative estimate of drug-likeness (QED) is 0.0401. The normalized spacial score (nSPS) is 18.5. The second kappa shape index (κ2) is 33.3. The van der Waals surface area contributed by atoms with Crippen LogP contribution in [0.15, 0.2) is 48.6 Å². The molecule has 4 atom stereocenters. The van der Waals surface area contributed by atoms with Crippen molar-refractivity contribution in [1.82, 2.24) is 10.6 Å². The van der Waals surface area contributed by atoms with Gasteiger partial charge in [0.1, 0.15) is 0 Å². The molecule has 0 spiro atoms. The van der Waals surface area contributed by atoms with Gasteiger partial charge in [0.05, 0.1) is 26.4 Å². The van der Waals surface area contributed by atoms with E-state index in [1.54, 1.807) is 0 Å². The number of thioether (sulfide) groups is 4. The highest BCUT2D eigenvalue weighted by atomic mass is 32.2. The van der Waals surface area contributed by atoms with E-state index >= 15 is 0 Å². The van der Waals surface area contributed by atoms with Gasteiger partial charge in [0.2, 0.25) is 0 Å². The van der Waals surface area contributed by atoms with Gasteiger partial charge in [-0.2, -0.15) is 47.0 Å². The van der Waals surface area contributed by atoms with Crippen LogP contribution >= 0.6 is 47.0 Å². The van der Waals surface area contributed by atoms with Gasteiger partial charge in [-0.3, -0.25) is 0 Å². The first-order valence-corrected chi connectivity index (χ1v) is 31.0. The molecule has 20 heteroatoms. The van der Waals surface area contributed by atoms with Crippen LogP contribution in [0.2, 0.25) is 12.1 Å². The number of hydrogen-bond acceptors (Lipinski definition) is 16. The van der Waals surface area contributed by atoms with E-state index in [9.17, 15) is 9.59 Å². The van der Waals surface area contributed by atoms with Crippen molar-refractivity contribution in [1.29, 1.82) is 0 Å². The lowest BCUT2D eigenvalue weighted by Gasteiger charge is -2.28. The first-order chi connectivity index (χ1) is 31.0. The Morgan fingerprint density at radius 2 is 0.938 bits per heavy atom. The molecular formula is C44H76N2O12S4Si2. The summed E-state index contributed by atoms with van der Waals surface area (Å²) in [6, 6.07) is 8.69. The highest BCUT2D eigenvalue weighted by molar-refractivity contribution is 8.04. The number of carbonyl (C=O) groups excluding carboxylic acids is 2. The Kier molecular flexibility index (Phi) is 29.7. The lowest BCUT2D eigenvalue weighted by Crippen LogP contribution is -2.46. The van der Waals surface area contributed by atoms with Crippen LogP contribution in [-0.2, 0) is 45.5 Å². The molecule has 2 aliphatic heterocycles. The monoisotopic (exact) mass is 1010 g/mol. The lowest BCUT2D eigenvalue weighted by atomic mass is 10.0. The van der Waals surface area contributed by atoms with Crippen LogP contribution in [0.4, 0.5) is 9.59 Å². The zero-order valence-electron chi connectivity index (χ0n) is 39.1. The Morgan fingerprint density at radius 3 is 1.27 bits per heavy atom. The van der Waals surface area contributed by atoms with E-state index in [0.717, 1.165) is 45.6 Å². The van der Waals surface area contributed by atoms with Gasteiger partial charge in [0, 0.05) is 110 Å². The summed E-state index contributed by atoms with van der Waals surface area (Å²) in [4.78, 5) is 26.6. The molecule has 1 aromatic carbocycles. The second-order valence-corrected chi connectivity index (χ2v) is 25.1. The number of rotatable bonds is 32. The van der Waals surface area contributed by atoms with Gasteiger partial charge in [0.25, 0.3) is 0 Å². The van der Waals surface area contributed by atoms with Crippen molar-refractivity contribution < 1.29 is 55.1 Å². The summed E-state index contributed by atoms with van der Waals surface area (Å²) in [5, 5.41) is 6.41. The van der Waals surface area contributed by atoms with Crippen LogP contribution in [0.25, 0.3) is 0 Å². The summed E-state index contributed by atoms with van der Waals surface area (Å²) < 4.78 is 60.5. The van der Waals surface area contributed by atoms with Gasteiger partial charge in [-0.1, -0.05) is 48.6 Å². The predicted octanol–water partition coefficient (Wildman–Crippen LogP) is 8.94. The molecule has 2 amide bonds. The summed E-state index contributed by atoms with van der Waals surface area (Å²) in [6.45, 7) is 24.9. The van der Waals surface area contributed by atoms with E-state index in [4.69, 9.17) is 45.5 Å². The molecule has 2 saturated heterocycles. The fourth-order valence-electron chi connectivity index (χ4n) is 6.78. The molecule has 0 aliphatic carbocycles. The Labute approximate surface area is 402 Å². The molecule has 2 N–H and O–H groups in total. The highest BCUT2D eigenvalue weighted by Crippen LogP contribution is 2.29. The molecule has 366 valence electrons. The predicted molar refractivity (Wildman–Crippen MR) is 268 cm³/mol. The van der Waals surface area contributed by atoms with Crippen molar-refractivity contribution in [2.75, 3.05) is 114 Å². The number of ether oxygens (including phenoxy) is 4. The molecule has 0 radical (unpaired) electrons. The van der Waals surface area contributed by atoms with Gasteiger partial charge < -0.3 is 56.1 Å². The fourth-order valence-corrected chi connectivity index (χ4v) is 16.9. The molecule has 0 aromatic heterocycles. The number of alkyl carbamates (subject to hydrolysis) is 2. The summed E-state index contributed by atoms with van der Waals surface area (Å²) >= 11 is 7.42. The highest BCUT2D eigenvalue weighted by Gasteiger charge is 2.40. The molecule has 2 aliphatic rings. The molecule has 4 unspecified atom stereocenters. The van der Waals surface area contributed by atoms with E-state index in [1.807, 2.05) is 113 Å². The summed E-state index contributed by atoms with van der Waals surface area (Å²) in [6.07, 6.45) is -1.32. The van der Waals surface area contributed by atoms with Gasteiger partial charge in [-0.25, -0.2) is 9.59 Å². The molecule has 0 bridgehead atoms. The average molecular weight is 1010 g/mol. The van der Waals surface area contributed by atoms with E-state index in [-0.39, 0.29) is 13.2 Å². The maximum atomic E-state index is 13.3. The Hall–Kier alpha value is -1.25. The minimum atomic E-state index is -2.85. The average Bonchev–Trinajstić information content (AvgIpc) is 3.62. The van der Waals surface area contributed by atoms with Crippen LogP contribution in [0.3, 0.4) is 0 Å². The van der Waals surface area contributed by atoms with E-state index in [1.165, 1.54) is 11.1 Å². The summed E-state index contributed by atoms with van der Waals surface area (Å²) in [7, 11) is -5.70. The Balaban J connectivity index is 1.73. The minimum Gasteiger partial charge on any atom is -0.439 e. The first-order valence-electron chi connectivity index (χ1n) is 22.7. The van der Waals surface area contributed by atoms with Gasteiger partial charge in [-0.05, 0) is 65.5 Å². The maximum Gasteiger partial charge on any atom is 0.500 e. The van der Waals surface area contributed by atoms with Gasteiger partial charge in [-0.15, -0.1) is 0 Å². The van der Waals surface area contributed by atoms with Crippen molar-refractivity contribution in [3.05, 3.63) is 59.7 Å². The Morgan fingerprint density at radius 1 is 0.594 bits per heavy atom. The zero-order valence-corrected chi connectivity index (χ0v) is 44.4. The second-order valence-electron chi connectivity index (χ2n) is 15.0. The van der Waals surface area contributed by atoms with Crippen molar-refractivity contribution >= 4 is 76.8 Å². The number of amides is 2. The summed E-state index contributed by atoms with van der Waals surface area (Å²) in [5.41, 5.74) is 3.94. The molecule has 2 fully saturated rings. The number of nitrogens with one attached hydrogen (secondary N) is 2. The first kappa shape index (κ1) is 57.1. The molecular weight excluding hydrogens is 933 g/mol. The van der Waals surface area contributed by atoms with Crippen LogP contribution in [0.1, 0.15) is 77.7 Å². The fraction of sp³-hybridized carbons (Fsp3) is 0.727. The van der Waals surface area contributed by atoms with Crippen molar-refractivity contribution in [3.63, 3.8) is 0 Å². The molecule has 14 nitrogen and oxygen atoms in total. The van der Waals surface area contributed by atoms with Crippen LogP contribution in [0, 0.1) is 0 Å². The standard InChI is InChI=1S/C44H76N2O12S4Si2/c1-9-51-63(52-10-2,53-11-3)23-15-21-45-43(47)57-41(27-49-25-39-33-59-29-35(7)31-61-39)37-17-19-38(20-18-37)42(28-50-26-40-34-60-30-36(8)32-62-40)58-44(48)46-22-16-24-64(54-12-4,55-13-5)56-14-6/h17-20,39-42H,7-16,21-34H2,1-6H3,(H,45,47)(H,46,48).